The highest BCUT2D eigenvalue weighted by Crippen LogP contribution is 2.17. The minimum atomic E-state index is -0.376. The summed E-state index contributed by atoms with van der Waals surface area (Å²) in [4.78, 5) is 20.1. The van der Waals surface area contributed by atoms with Gasteiger partial charge in [0.15, 0.2) is 0 Å². The van der Waals surface area contributed by atoms with Crippen molar-refractivity contribution in [3.8, 4) is 0 Å². The summed E-state index contributed by atoms with van der Waals surface area (Å²) in [5, 5.41) is 3.28. The van der Waals surface area contributed by atoms with Gasteiger partial charge in [-0.2, -0.15) is 0 Å². The van der Waals surface area contributed by atoms with E-state index in [4.69, 9.17) is 4.74 Å². The summed E-state index contributed by atoms with van der Waals surface area (Å²) in [6, 6.07) is 0. The van der Waals surface area contributed by atoms with Gasteiger partial charge in [0.05, 0.1) is 17.9 Å². The zero-order chi connectivity index (χ0) is 14.5. The van der Waals surface area contributed by atoms with Gasteiger partial charge in [-0.25, -0.2) is 14.8 Å². The predicted molar refractivity (Wildman–Crippen MR) is 75.3 cm³/mol. The average molecular weight is 265 g/mol. The molecule has 0 saturated carbocycles. The molecule has 5 nitrogen and oxygen atoms in total. The number of esters is 1. The maximum absolute atomic E-state index is 11.6. The molecule has 1 rings (SSSR count). The number of carbonyl (C=O) groups is 1. The molecule has 19 heavy (non-hydrogen) atoms. The number of anilines is 1. The van der Waals surface area contributed by atoms with Gasteiger partial charge in [0, 0.05) is 11.7 Å². The Balaban J connectivity index is 2.85. The third kappa shape index (κ3) is 4.50. The Bertz CT molecular complexity index is 444. The number of carbonyl (C=O) groups excluding carboxylic acids is 1. The number of hydrogen-bond donors (Lipinski definition) is 1. The van der Waals surface area contributed by atoms with Crippen molar-refractivity contribution in [2.24, 2.45) is 0 Å². The molecule has 1 N–H and O–H groups in total. The summed E-state index contributed by atoms with van der Waals surface area (Å²) in [5.74, 6) is 0.170. The first-order valence-electron chi connectivity index (χ1n) is 6.68. The lowest BCUT2D eigenvalue weighted by Crippen LogP contribution is -2.31. The van der Waals surface area contributed by atoms with Crippen LogP contribution in [0.3, 0.4) is 0 Å². The molecule has 5 heteroatoms. The Kier molecular flexibility index (Phi) is 5.27. The fourth-order valence-electron chi connectivity index (χ4n) is 1.93. The van der Waals surface area contributed by atoms with Crippen molar-refractivity contribution in [1.29, 1.82) is 0 Å². The first kappa shape index (κ1) is 15.4. The summed E-state index contributed by atoms with van der Waals surface area (Å²) < 4.78 is 4.95. The molecule has 0 aromatic carbocycles. The van der Waals surface area contributed by atoms with Gasteiger partial charge in [0.2, 0.25) is 5.95 Å². The number of aromatic nitrogens is 2. The van der Waals surface area contributed by atoms with E-state index >= 15 is 0 Å². The molecule has 0 bridgehead atoms. The van der Waals surface area contributed by atoms with Gasteiger partial charge < -0.3 is 10.1 Å². The lowest BCUT2D eigenvalue weighted by molar-refractivity contribution is 0.0524. The number of rotatable bonds is 6. The second-order valence-electron chi connectivity index (χ2n) is 5.17. The fourth-order valence-corrected chi connectivity index (χ4v) is 1.93. The molecule has 1 aromatic heterocycles. The van der Waals surface area contributed by atoms with E-state index in [-0.39, 0.29) is 11.5 Å². The van der Waals surface area contributed by atoms with Crippen LogP contribution in [0.4, 0.5) is 5.95 Å². The van der Waals surface area contributed by atoms with E-state index < -0.39 is 0 Å². The molecule has 0 aliphatic carbocycles. The Labute approximate surface area is 114 Å². The van der Waals surface area contributed by atoms with Crippen LogP contribution in [0.5, 0.6) is 0 Å². The summed E-state index contributed by atoms with van der Waals surface area (Å²) in [6.45, 7) is 10.3. The number of hydrogen-bond acceptors (Lipinski definition) is 5. The summed E-state index contributed by atoms with van der Waals surface area (Å²) in [5.41, 5.74) is 0.982. The molecular weight excluding hydrogens is 242 g/mol. The van der Waals surface area contributed by atoms with E-state index in [9.17, 15) is 4.79 Å². The molecule has 1 aromatic rings. The quantitative estimate of drug-likeness (QED) is 0.801. The van der Waals surface area contributed by atoms with Gasteiger partial charge in [-0.05, 0) is 34.1 Å². The molecule has 0 radical (unpaired) electrons. The second-order valence-corrected chi connectivity index (χ2v) is 5.17. The third-order valence-corrected chi connectivity index (χ3v) is 2.80. The monoisotopic (exact) mass is 265 g/mol. The van der Waals surface area contributed by atoms with Crippen molar-refractivity contribution in [1.82, 2.24) is 9.97 Å². The average Bonchev–Trinajstić information content (AvgIpc) is 2.28. The van der Waals surface area contributed by atoms with Crippen LogP contribution in [0, 0.1) is 6.92 Å². The van der Waals surface area contributed by atoms with E-state index in [0.717, 1.165) is 12.8 Å². The number of ether oxygens (including phenoxy) is 1. The van der Waals surface area contributed by atoms with Crippen molar-refractivity contribution in [3.63, 3.8) is 0 Å². The SMILES string of the molecule is CCCC(C)(C)Nc1ncc(C(=O)OCC)c(C)n1. The van der Waals surface area contributed by atoms with Gasteiger partial charge in [0.1, 0.15) is 0 Å². The minimum Gasteiger partial charge on any atom is -0.462 e. The highest BCUT2D eigenvalue weighted by atomic mass is 16.5. The number of aryl methyl sites for hydroxylation is 1. The van der Waals surface area contributed by atoms with Crippen LogP contribution in [0.25, 0.3) is 0 Å². The summed E-state index contributed by atoms with van der Waals surface area (Å²) >= 11 is 0. The molecule has 106 valence electrons. The first-order chi connectivity index (χ1) is 8.89. The lowest BCUT2D eigenvalue weighted by atomic mass is 9.99. The van der Waals surface area contributed by atoms with Gasteiger partial charge in [0.25, 0.3) is 0 Å². The Morgan fingerprint density at radius 1 is 1.42 bits per heavy atom. The van der Waals surface area contributed by atoms with Gasteiger partial charge in [-0.3, -0.25) is 0 Å². The normalized spacial score (nSPS) is 11.2. The smallest absolute Gasteiger partial charge is 0.341 e. The largest absolute Gasteiger partial charge is 0.462 e. The Morgan fingerprint density at radius 2 is 2.11 bits per heavy atom. The third-order valence-electron chi connectivity index (χ3n) is 2.80. The zero-order valence-corrected chi connectivity index (χ0v) is 12.4. The van der Waals surface area contributed by atoms with Crippen LogP contribution < -0.4 is 5.32 Å². The van der Waals surface area contributed by atoms with Crippen molar-refractivity contribution in [3.05, 3.63) is 17.5 Å². The number of nitrogens with one attached hydrogen (secondary N) is 1. The van der Waals surface area contributed by atoms with E-state index in [0.29, 0.717) is 23.8 Å². The van der Waals surface area contributed by atoms with Crippen molar-refractivity contribution < 1.29 is 9.53 Å². The molecule has 0 atom stereocenters. The predicted octanol–water partition coefficient (Wildman–Crippen LogP) is 2.95. The maximum atomic E-state index is 11.6. The molecular formula is C14H23N3O2. The van der Waals surface area contributed by atoms with Crippen LogP contribution in [0.15, 0.2) is 6.20 Å². The minimum absolute atomic E-state index is 0.0629. The van der Waals surface area contributed by atoms with Crippen LogP contribution in [0.1, 0.15) is 56.6 Å². The molecule has 1 heterocycles. The number of nitrogens with zero attached hydrogens (tertiary/aromatic N) is 2. The summed E-state index contributed by atoms with van der Waals surface area (Å²) in [6.07, 6.45) is 3.62. The van der Waals surface area contributed by atoms with Crippen molar-refractivity contribution in [2.75, 3.05) is 11.9 Å². The molecule has 0 fully saturated rings. The lowest BCUT2D eigenvalue weighted by Gasteiger charge is -2.25. The Morgan fingerprint density at radius 3 is 2.63 bits per heavy atom. The standard InChI is InChI=1S/C14H23N3O2/c1-6-8-14(4,5)17-13-15-9-11(10(3)16-13)12(18)19-7-2/h9H,6-8H2,1-5H3,(H,15,16,17). The van der Waals surface area contributed by atoms with Gasteiger partial charge in [-0.15, -0.1) is 0 Å². The van der Waals surface area contributed by atoms with Crippen LogP contribution in [0.2, 0.25) is 0 Å². The highest BCUT2D eigenvalue weighted by Gasteiger charge is 2.19. The highest BCUT2D eigenvalue weighted by molar-refractivity contribution is 5.90. The topological polar surface area (TPSA) is 64.1 Å². The first-order valence-corrected chi connectivity index (χ1v) is 6.68. The molecule has 0 aliphatic rings. The molecule has 0 amide bonds. The fraction of sp³-hybridized carbons (Fsp3) is 0.643. The molecule has 0 aliphatic heterocycles. The van der Waals surface area contributed by atoms with E-state index in [2.05, 4.69) is 36.1 Å². The van der Waals surface area contributed by atoms with E-state index in [1.165, 1.54) is 6.20 Å². The molecule has 0 saturated heterocycles. The van der Waals surface area contributed by atoms with Crippen LogP contribution in [-0.4, -0.2) is 28.1 Å². The van der Waals surface area contributed by atoms with Gasteiger partial charge >= 0.3 is 5.97 Å². The van der Waals surface area contributed by atoms with Gasteiger partial charge in [-0.1, -0.05) is 13.3 Å². The van der Waals surface area contributed by atoms with E-state index in [1.54, 1.807) is 13.8 Å². The second kappa shape index (κ2) is 6.50. The van der Waals surface area contributed by atoms with Crippen molar-refractivity contribution >= 4 is 11.9 Å². The zero-order valence-electron chi connectivity index (χ0n) is 12.4. The molecule has 0 spiro atoms. The summed E-state index contributed by atoms with van der Waals surface area (Å²) in [7, 11) is 0. The van der Waals surface area contributed by atoms with Crippen LogP contribution in [-0.2, 0) is 4.74 Å². The van der Waals surface area contributed by atoms with E-state index in [1.807, 2.05) is 0 Å². The Hall–Kier alpha value is -1.65. The van der Waals surface area contributed by atoms with Crippen molar-refractivity contribution in [2.45, 2.75) is 53.0 Å². The maximum Gasteiger partial charge on any atom is 0.341 e. The molecule has 0 unspecified atom stereocenters. The van der Waals surface area contributed by atoms with Crippen LogP contribution >= 0.6 is 0 Å².